The second-order valence-corrected chi connectivity index (χ2v) is 5.61. The highest BCUT2D eigenvalue weighted by molar-refractivity contribution is 6.31. The first-order valence-corrected chi connectivity index (χ1v) is 7.85. The number of hydrogen-bond acceptors (Lipinski definition) is 6. The van der Waals surface area contributed by atoms with Gasteiger partial charge in [-0.1, -0.05) is 11.6 Å². The van der Waals surface area contributed by atoms with Gasteiger partial charge in [-0.25, -0.2) is 9.97 Å². The first-order valence-electron chi connectivity index (χ1n) is 7.47. The number of hydrogen-bond donors (Lipinski definition) is 1. The van der Waals surface area contributed by atoms with Crippen molar-refractivity contribution in [1.82, 2.24) is 9.97 Å². The lowest BCUT2D eigenvalue weighted by molar-refractivity contribution is 0.102. The summed E-state index contributed by atoms with van der Waals surface area (Å²) in [5, 5.41) is 3.26. The van der Waals surface area contributed by atoms with Crippen molar-refractivity contribution >= 4 is 29.1 Å². The Morgan fingerprint density at radius 3 is 2.67 bits per heavy atom. The van der Waals surface area contributed by atoms with E-state index in [2.05, 4.69) is 15.3 Å². The van der Waals surface area contributed by atoms with Crippen molar-refractivity contribution in [3.8, 4) is 5.75 Å². The molecule has 126 valence electrons. The zero-order valence-electron chi connectivity index (χ0n) is 13.2. The Balaban J connectivity index is 1.72. The Hall–Kier alpha value is -2.38. The van der Waals surface area contributed by atoms with Gasteiger partial charge in [-0.3, -0.25) is 4.79 Å². The third-order valence-electron chi connectivity index (χ3n) is 3.60. The Labute approximate surface area is 144 Å². The number of amides is 1. The van der Waals surface area contributed by atoms with Crippen LogP contribution in [-0.4, -0.2) is 49.3 Å². The summed E-state index contributed by atoms with van der Waals surface area (Å²) in [4.78, 5) is 22.9. The molecular weight excluding hydrogens is 332 g/mol. The highest BCUT2D eigenvalue weighted by Crippen LogP contribution is 2.28. The predicted molar refractivity (Wildman–Crippen MR) is 91.0 cm³/mol. The van der Waals surface area contributed by atoms with Crippen LogP contribution < -0.4 is 15.0 Å². The lowest BCUT2D eigenvalue weighted by Gasteiger charge is -2.26. The molecule has 1 amide bonds. The zero-order valence-corrected chi connectivity index (χ0v) is 13.9. The molecule has 24 heavy (non-hydrogen) atoms. The van der Waals surface area contributed by atoms with E-state index in [1.807, 2.05) is 4.90 Å². The second-order valence-electron chi connectivity index (χ2n) is 5.17. The van der Waals surface area contributed by atoms with Gasteiger partial charge >= 0.3 is 0 Å². The maximum Gasteiger partial charge on any atom is 0.258 e. The molecule has 1 saturated heterocycles. The number of ether oxygens (including phenoxy) is 2. The standard InChI is InChI=1S/C16H17ClN4O3/c1-23-14-3-2-12(17)8-13(14)20-15(22)11-9-18-16(19-10-11)21-4-6-24-7-5-21/h2-3,8-10H,4-7H2,1H3,(H,20,22). The van der Waals surface area contributed by atoms with Crippen molar-refractivity contribution in [2.75, 3.05) is 43.6 Å². The fraction of sp³-hybridized carbons (Fsp3) is 0.312. The summed E-state index contributed by atoms with van der Waals surface area (Å²) in [6, 6.07) is 5.01. The van der Waals surface area contributed by atoms with E-state index in [0.29, 0.717) is 41.2 Å². The van der Waals surface area contributed by atoms with Crippen LogP contribution in [0, 0.1) is 0 Å². The van der Waals surface area contributed by atoms with E-state index in [1.54, 1.807) is 18.2 Å². The van der Waals surface area contributed by atoms with Gasteiger partial charge < -0.3 is 19.7 Å². The number of nitrogens with one attached hydrogen (secondary N) is 1. The molecule has 0 aliphatic carbocycles. The molecule has 8 heteroatoms. The van der Waals surface area contributed by atoms with Crippen molar-refractivity contribution in [3.05, 3.63) is 41.2 Å². The molecule has 0 spiro atoms. The van der Waals surface area contributed by atoms with E-state index in [1.165, 1.54) is 19.5 Å². The number of benzene rings is 1. The van der Waals surface area contributed by atoms with E-state index >= 15 is 0 Å². The number of methoxy groups -OCH3 is 1. The maximum atomic E-state index is 12.4. The van der Waals surface area contributed by atoms with Crippen LogP contribution in [-0.2, 0) is 4.74 Å². The van der Waals surface area contributed by atoms with Gasteiger partial charge in [0.15, 0.2) is 0 Å². The highest BCUT2D eigenvalue weighted by Gasteiger charge is 2.15. The molecule has 0 atom stereocenters. The minimum atomic E-state index is -0.330. The molecule has 0 saturated carbocycles. The van der Waals surface area contributed by atoms with Gasteiger partial charge in [0.25, 0.3) is 5.91 Å². The summed E-state index contributed by atoms with van der Waals surface area (Å²) in [6.07, 6.45) is 3.01. The quantitative estimate of drug-likeness (QED) is 0.913. The summed E-state index contributed by atoms with van der Waals surface area (Å²) in [5.74, 6) is 0.790. The summed E-state index contributed by atoms with van der Waals surface area (Å²) in [5.41, 5.74) is 0.848. The fourth-order valence-corrected chi connectivity index (χ4v) is 2.51. The molecule has 1 fully saturated rings. The molecule has 7 nitrogen and oxygen atoms in total. The van der Waals surface area contributed by atoms with Crippen LogP contribution in [0.2, 0.25) is 5.02 Å². The number of nitrogens with zero attached hydrogens (tertiary/aromatic N) is 3. The Morgan fingerprint density at radius 2 is 2.00 bits per heavy atom. The van der Waals surface area contributed by atoms with E-state index in [9.17, 15) is 4.79 Å². The first kappa shape index (κ1) is 16.5. The monoisotopic (exact) mass is 348 g/mol. The van der Waals surface area contributed by atoms with Crippen LogP contribution >= 0.6 is 11.6 Å². The van der Waals surface area contributed by atoms with E-state index < -0.39 is 0 Å². The molecule has 3 rings (SSSR count). The first-order chi connectivity index (χ1) is 11.7. The van der Waals surface area contributed by atoms with Gasteiger partial charge in [-0.2, -0.15) is 0 Å². The number of halogens is 1. The van der Waals surface area contributed by atoms with Crippen molar-refractivity contribution in [3.63, 3.8) is 0 Å². The van der Waals surface area contributed by atoms with Crippen LogP contribution in [0.4, 0.5) is 11.6 Å². The largest absolute Gasteiger partial charge is 0.495 e. The van der Waals surface area contributed by atoms with E-state index in [-0.39, 0.29) is 5.91 Å². The van der Waals surface area contributed by atoms with Crippen molar-refractivity contribution in [2.24, 2.45) is 0 Å². The lowest BCUT2D eigenvalue weighted by atomic mass is 10.2. The van der Waals surface area contributed by atoms with Crippen molar-refractivity contribution < 1.29 is 14.3 Å². The van der Waals surface area contributed by atoms with Crippen molar-refractivity contribution in [2.45, 2.75) is 0 Å². The van der Waals surface area contributed by atoms with Crippen LogP contribution in [0.3, 0.4) is 0 Å². The van der Waals surface area contributed by atoms with Gasteiger partial charge in [-0.15, -0.1) is 0 Å². The molecule has 2 heterocycles. The Kier molecular flexibility index (Phi) is 5.12. The van der Waals surface area contributed by atoms with E-state index in [4.69, 9.17) is 21.1 Å². The molecule has 2 aromatic rings. The number of aromatic nitrogens is 2. The average molecular weight is 349 g/mol. The molecule has 0 bridgehead atoms. The molecule has 1 N–H and O–H groups in total. The number of morpholine rings is 1. The molecule has 1 aromatic carbocycles. The summed E-state index contributed by atoms with van der Waals surface area (Å²) >= 11 is 5.96. The van der Waals surface area contributed by atoms with Crippen LogP contribution in [0.1, 0.15) is 10.4 Å². The number of carbonyl (C=O) groups is 1. The van der Waals surface area contributed by atoms with Crippen LogP contribution in [0.5, 0.6) is 5.75 Å². The third-order valence-corrected chi connectivity index (χ3v) is 3.84. The fourth-order valence-electron chi connectivity index (χ4n) is 2.34. The zero-order chi connectivity index (χ0) is 16.9. The second kappa shape index (κ2) is 7.46. The maximum absolute atomic E-state index is 12.4. The Bertz CT molecular complexity index is 718. The number of carbonyl (C=O) groups excluding carboxylic acids is 1. The van der Waals surface area contributed by atoms with E-state index in [0.717, 1.165) is 13.1 Å². The normalized spacial score (nSPS) is 14.3. The number of anilines is 2. The smallest absolute Gasteiger partial charge is 0.258 e. The molecule has 0 unspecified atom stereocenters. The van der Waals surface area contributed by atoms with Gasteiger partial charge in [0.05, 0.1) is 31.6 Å². The summed E-state index contributed by atoms with van der Waals surface area (Å²) < 4.78 is 10.5. The topological polar surface area (TPSA) is 76.6 Å². The van der Waals surface area contributed by atoms with Crippen LogP contribution in [0.15, 0.2) is 30.6 Å². The van der Waals surface area contributed by atoms with Crippen molar-refractivity contribution in [1.29, 1.82) is 0 Å². The lowest BCUT2D eigenvalue weighted by Crippen LogP contribution is -2.37. The van der Waals surface area contributed by atoms with Crippen LogP contribution in [0.25, 0.3) is 0 Å². The molecule has 1 aliphatic heterocycles. The summed E-state index contributed by atoms with van der Waals surface area (Å²) in [6.45, 7) is 2.79. The van der Waals surface area contributed by atoms with Gasteiger partial charge in [0.2, 0.25) is 5.95 Å². The minimum Gasteiger partial charge on any atom is -0.495 e. The van der Waals surface area contributed by atoms with Gasteiger partial charge in [-0.05, 0) is 18.2 Å². The molecule has 0 radical (unpaired) electrons. The predicted octanol–water partition coefficient (Wildman–Crippen LogP) is 2.23. The molecule has 1 aliphatic rings. The summed E-state index contributed by atoms with van der Waals surface area (Å²) in [7, 11) is 1.53. The Morgan fingerprint density at radius 1 is 1.29 bits per heavy atom. The number of rotatable bonds is 4. The van der Waals surface area contributed by atoms with Gasteiger partial charge in [0, 0.05) is 30.5 Å². The third kappa shape index (κ3) is 3.74. The SMILES string of the molecule is COc1ccc(Cl)cc1NC(=O)c1cnc(N2CCOCC2)nc1. The molecular formula is C16H17ClN4O3. The van der Waals surface area contributed by atoms with Gasteiger partial charge in [0.1, 0.15) is 5.75 Å². The average Bonchev–Trinajstić information content (AvgIpc) is 2.63. The molecule has 1 aromatic heterocycles. The minimum absolute atomic E-state index is 0.330. The highest BCUT2D eigenvalue weighted by atomic mass is 35.5.